The Morgan fingerprint density at radius 3 is 1.90 bits per heavy atom. The molecular weight excluding hydrogens is 712 g/mol. The highest BCUT2D eigenvalue weighted by molar-refractivity contribution is 9.10. The summed E-state index contributed by atoms with van der Waals surface area (Å²) in [5.41, 5.74) is 2.07. The molecule has 2 aliphatic rings. The van der Waals surface area contributed by atoms with Crippen LogP contribution in [0.3, 0.4) is 0 Å². The molecule has 2 aliphatic heterocycles. The minimum Gasteiger partial charge on any atom is -0.484 e. The number of benzene rings is 3. The van der Waals surface area contributed by atoms with Crippen LogP contribution in [0.15, 0.2) is 101 Å². The highest BCUT2D eigenvalue weighted by atomic mass is 79.9. The summed E-state index contributed by atoms with van der Waals surface area (Å²) in [5.74, 6) is -3.39. The molecule has 0 fully saturated rings. The Morgan fingerprint density at radius 2 is 1.31 bits per heavy atom. The molecule has 3 aromatic carbocycles. The highest BCUT2D eigenvalue weighted by Crippen LogP contribution is 2.17. The van der Waals surface area contributed by atoms with E-state index in [1.54, 1.807) is 60.7 Å². The van der Waals surface area contributed by atoms with Crippen LogP contribution in [0.4, 0.5) is 0 Å². The Hall–Kier alpha value is -5.01. The second kappa shape index (κ2) is 16.9. The third kappa shape index (κ3) is 10.5. The van der Waals surface area contributed by atoms with Crippen molar-refractivity contribution in [2.45, 2.75) is 49.9 Å². The van der Waals surface area contributed by atoms with Crippen LogP contribution in [-0.4, -0.2) is 65.5 Å². The SMILES string of the molecule is O=C1COc2ccc(cc2)C[C@@H](C(=O)O)NC(=O)[C@H](Cc2ccccc2)NC(=O)[C@H](Cc2ccc(Br)cc2)NC(=O)[C@H](Cc2cccs2)N1. The largest absolute Gasteiger partial charge is 0.484 e. The summed E-state index contributed by atoms with van der Waals surface area (Å²) in [6.45, 7) is -0.384. The van der Waals surface area contributed by atoms with Gasteiger partial charge in [0.25, 0.3) is 5.91 Å². The molecule has 1 aromatic heterocycles. The fourth-order valence-electron chi connectivity index (χ4n) is 5.32. The number of carbonyl (C=O) groups is 5. The van der Waals surface area contributed by atoms with E-state index in [9.17, 15) is 29.1 Å². The molecule has 3 heterocycles. The molecular formula is C36H35BrN4O7S. The number of nitrogens with one attached hydrogen (secondary N) is 4. The Bertz CT molecular complexity index is 1750. The maximum atomic E-state index is 14.1. The predicted octanol–water partition coefficient (Wildman–Crippen LogP) is 3.20. The third-order valence-electron chi connectivity index (χ3n) is 7.89. The minimum atomic E-state index is -1.31. The van der Waals surface area contributed by atoms with E-state index < -0.39 is 53.8 Å². The number of carboxylic acid groups (broad SMARTS) is 1. The molecule has 13 heteroatoms. The number of amides is 4. The molecule has 0 saturated carbocycles. The van der Waals surface area contributed by atoms with Gasteiger partial charge in [-0.25, -0.2) is 4.79 Å². The van der Waals surface area contributed by atoms with Crippen LogP contribution in [0.1, 0.15) is 21.6 Å². The molecule has 0 radical (unpaired) electrons. The quantitative estimate of drug-likeness (QED) is 0.182. The van der Waals surface area contributed by atoms with Crippen molar-refractivity contribution >= 4 is 56.9 Å². The van der Waals surface area contributed by atoms with Crippen molar-refractivity contribution in [1.29, 1.82) is 0 Å². The molecule has 0 unspecified atom stereocenters. The third-order valence-corrected chi connectivity index (χ3v) is 9.31. The lowest BCUT2D eigenvalue weighted by atomic mass is 10.0. The summed E-state index contributed by atoms with van der Waals surface area (Å²) >= 11 is 4.84. The van der Waals surface area contributed by atoms with Crippen LogP contribution in [-0.2, 0) is 49.7 Å². The van der Waals surface area contributed by atoms with Crippen LogP contribution >= 0.6 is 27.3 Å². The minimum absolute atomic E-state index is 0.0412. The van der Waals surface area contributed by atoms with Gasteiger partial charge in [-0.3, -0.25) is 19.2 Å². The molecule has 5 N–H and O–H groups in total. The smallest absolute Gasteiger partial charge is 0.326 e. The molecule has 0 spiro atoms. The summed E-state index contributed by atoms with van der Waals surface area (Å²) in [5, 5.41) is 22.8. The van der Waals surface area contributed by atoms with Crippen LogP contribution in [0.25, 0.3) is 0 Å². The number of rotatable bonds is 7. The lowest BCUT2D eigenvalue weighted by Crippen LogP contribution is -2.59. The van der Waals surface area contributed by atoms with Crippen molar-refractivity contribution < 1.29 is 33.8 Å². The molecule has 11 nitrogen and oxygen atoms in total. The molecule has 0 saturated heterocycles. The van der Waals surface area contributed by atoms with Gasteiger partial charge < -0.3 is 31.1 Å². The number of aliphatic carboxylic acids is 1. The van der Waals surface area contributed by atoms with Gasteiger partial charge >= 0.3 is 5.97 Å². The van der Waals surface area contributed by atoms with E-state index in [-0.39, 0.29) is 32.3 Å². The van der Waals surface area contributed by atoms with Gasteiger partial charge in [-0.1, -0.05) is 76.6 Å². The fourth-order valence-corrected chi connectivity index (χ4v) is 6.34. The summed E-state index contributed by atoms with van der Waals surface area (Å²) in [6.07, 6.45) is 0.262. The molecule has 49 heavy (non-hydrogen) atoms. The molecule has 2 bridgehead atoms. The average Bonchev–Trinajstić information content (AvgIpc) is 3.61. The van der Waals surface area contributed by atoms with Crippen molar-refractivity contribution in [1.82, 2.24) is 21.3 Å². The van der Waals surface area contributed by atoms with Crippen molar-refractivity contribution in [3.8, 4) is 5.75 Å². The Kier molecular flexibility index (Phi) is 12.2. The van der Waals surface area contributed by atoms with Crippen LogP contribution in [0.5, 0.6) is 5.75 Å². The molecule has 4 amide bonds. The molecule has 6 rings (SSSR count). The van der Waals surface area contributed by atoms with Gasteiger partial charge in [-0.05, 0) is 52.4 Å². The second-order valence-corrected chi connectivity index (χ2v) is 13.5. The first-order chi connectivity index (χ1) is 23.6. The van der Waals surface area contributed by atoms with Gasteiger partial charge in [0, 0.05) is 35.0 Å². The number of halogens is 1. The zero-order valence-electron chi connectivity index (χ0n) is 26.3. The number of thiophene rings is 1. The van der Waals surface area contributed by atoms with Gasteiger partial charge in [0.1, 0.15) is 29.9 Å². The summed E-state index contributed by atoms with van der Waals surface area (Å²) in [6, 6.07) is 21.7. The van der Waals surface area contributed by atoms with Gasteiger partial charge in [0.15, 0.2) is 6.61 Å². The van der Waals surface area contributed by atoms with Crippen molar-refractivity contribution in [2.75, 3.05) is 6.61 Å². The van der Waals surface area contributed by atoms with Gasteiger partial charge in [0.05, 0.1) is 0 Å². The maximum absolute atomic E-state index is 14.1. The molecule has 4 aromatic rings. The molecule has 0 aliphatic carbocycles. The van der Waals surface area contributed by atoms with E-state index >= 15 is 0 Å². The fraction of sp³-hybridized carbons (Fsp3) is 0.250. The number of hydrogen-bond acceptors (Lipinski definition) is 7. The normalized spacial score (nSPS) is 20.8. The van der Waals surface area contributed by atoms with Crippen LogP contribution < -0.4 is 26.0 Å². The zero-order valence-corrected chi connectivity index (χ0v) is 28.7. The van der Waals surface area contributed by atoms with E-state index in [4.69, 9.17) is 4.74 Å². The monoisotopic (exact) mass is 746 g/mol. The number of carbonyl (C=O) groups excluding carboxylic acids is 4. The van der Waals surface area contributed by atoms with Gasteiger partial charge in [-0.15, -0.1) is 11.3 Å². The van der Waals surface area contributed by atoms with Crippen LogP contribution in [0.2, 0.25) is 0 Å². The summed E-state index contributed by atoms with van der Waals surface area (Å²) < 4.78 is 6.48. The van der Waals surface area contributed by atoms with Crippen LogP contribution in [0, 0.1) is 0 Å². The van der Waals surface area contributed by atoms with E-state index in [2.05, 4.69) is 37.2 Å². The topological polar surface area (TPSA) is 163 Å². The highest BCUT2D eigenvalue weighted by Gasteiger charge is 2.32. The van der Waals surface area contributed by atoms with E-state index in [1.807, 2.05) is 35.7 Å². The second-order valence-electron chi connectivity index (χ2n) is 11.6. The van der Waals surface area contributed by atoms with E-state index in [1.165, 1.54) is 11.3 Å². The summed E-state index contributed by atoms with van der Waals surface area (Å²) in [7, 11) is 0. The van der Waals surface area contributed by atoms with E-state index in [0.29, 0.717) is 11.3 Å². The van der Waals surface area contributed by atoms with Gasteiger partial charge in [-0.2, -0.15) is 0 Å². The summed E-state index contributed by atoms with van der Waals surface area (Å²) in [4.78, 5) is 67.9. The average molecular weight is 748 g/mol. The van der Waals surface area contributed by atoms with Crippen molar-refractivity contribution in [3.63, 3.8) is 0 Å². The van der Waals surface area contributed by atoms with Crippen molar-refractivity contribution in [3.05, 3.63) is 122 Å². The predicted molar refractivity (Wildman–Crippen MR) is 187 cm³/mol. The Labute approximate surface area is 295 Å². The van der Waals surface area contributed by atoms with Gasteiger partial charge in [0.2, 0.25) is 17.7 Å². The van der Waals surface area contributed by atoms with E-state index in [0.717, 1.165) is 20.5 Å². The molecule has 4 atom stereocenters. The Balaban J connectivity index is 1.50. The number of hydrogen-bond donors (Lipinski definition) is 5. The maximum Gasteiger partial charge on any atom is 0.326 e. The number of fused-ring (bicyclic) bond motifs is 16. The standard InChI is InChI=1S/C36H35BrN4O7S/c37-25-12-8-23(9-13-25)18-29-33(43)39-28(17-22-5-2-1-3-6-22)34(44)41-31(36(46)47)19-24-10-14-26(15-11-24)48-21-32(42)38-30(35(45)40-29)20-27-7-4-16-49-27/h1-16,28-31H,17-21H2,(H,38,42)(H,39,43)(H,40,45)(H,41,44)(H,46,47)/t28-,29-,30-,31-/m0/s1. The lowest BCUT2D eigenvalue weighted by Gasteiger charge is -2.26. The number of carboxylic acids is 1. The lowest BCUT2D eigenvalue weighted by molar-refractivity contribution is -0.142. The Morgan fingerprint density at radius 1 is 0.714 bits per heavy atom. The molecule has 254 valence electrons. The first-order valence-electron chi connectivity index (χ1n) is 15.6. The first kappa shape index (κ1) is 35.3. The first-order valence-corrected chi connectivity index (χ1v) is 17.3. The zero-order chi connectivity index (χ0) is 34.8. The van der Waals surface area contributed by atoms with Crippen molar-refractivity contribution in [2.24, 2.45) is 0 Å². The number of ether oxygens (including phenoxy) is 1.